The molecule has 0 aliphatic rings. The SMILES string of the molecule is O=C(Cn1ccc2c(Cl)cccc21)NCc1ccco1. The lowest BCUT2D eigenvalue weighted by molar-refractivity contribution is -0.121. The second-order valence-corrected chi connectivity index (χ2v) is 4.88. The minimum absolute atomic E-state index is 0.0705. The highest BCUT2D eigenvalue weighted by molar-refractivity contribution is 6.35. The summed E-state index contributed by atoms with van der Waals surface area (Å²) in [5.74, 6) is 0.664. The highest BCUT2D eigenvalue weighted by Gasteiger charge is 2.08. The quantitative estimate of drug-likeness (QED) is 0.801. The van der Waals surface area contributed by atoms with Crippen LogP contribution in [0.3, 0.4) is 0 Å². The minimum Gasteiger partial charge on any atom is -0.467 e. The molecule has 20 heavy (non-hydrogen) atoms. The van der Waals surface area contributed by atoms with Crippen LogP contribution in [0.1, 0.15) is 5.76 Å². The summed E-state index contributed by atoms with van der Waals surface area (Å²) in [5.41, 5.74) is 0.950. The Hall–Kier alpha value is -2.20. The average molecular weight is 289 g/mol. The van der Waals surface area contributed by atoms with E-state index in [4.69, 9.17) is 16.0 Å². The van der Waals surface area contributed by atoms with E-state index in [1.165, 1.54) is 0 Å². The van der Waals surface area contributed by atoms with Crippen LogP contribution in [0.5, 0.6) is 0 Å². The van der Waals surface area contributed by atoms with Crippen LogP contribution in [0.15, 0.2) is 53.3 Å². The van der Waals surface area contributed by atoms with E-state index in [1.54, 1.807) is 12.3 Å². The molecule has 3 aromatic rings. The van der Waals surface area contributed by atoms with Crippen molar-refractivity contribution in [3.8, 4) is 0 Å². The molecule has 0 saturated carbocycles. The number of fused-ring (bicyclic) bond motifs is 1. The lowest BCUT2D eigenvalue weighted by Gasteiger charge is -2.06. The molecule has 0 bridgehead atoms. The number of nitrogens with one attached hydrogen (secondary N) is 1. The minimum atomic E-state index is -0.0705. The highest BCUT2D eigenvalue weighted by atomic mass is 35.5. The van der Waals surface area contributed by atoms with Gasteiger partial charge in [-0.1, -0.05) is 17.7 Å². The summed E-state index contributed by atoms with van der Waals surface area (Å²) in [6, 6.07) is 11.2. The van der Waals surface area contributed by atoms with Gasteiger partial charge in [0, 0.05) is 22.1 Å². The number of hydrogen-bond acceptors (Lipinski definition) is 2. The van der Waals surface area contributed by atoms with E-state index in [0.29, 0.717) is 11.6 Å². The standard InChI is InChI=1S/C15H13ClN2O2/c16-13-4-1-5-14-12(13)6-7-18(14)10-15(19)17-9-11-3-2-8-20-11/h1-8H,9-10H2,(H,17,19). The first kappa shape index (κ1) is 12.8. The predicted octanol–water partition coefficient (Wildman–Crippen LogP) is 3.20. The Balaban J connectivity index is 1.70. The maximum atomic E-state index is 11.9. The van der Waals surface area contributed by atoms with Crippen LogP contribution in [0, 0.1) is 0 Å². The van der Waals surface area contributed by atoms with Crippen molar-refractivity contribution in [3.05, 3.63) is 59.6 Å². The van der Waals surface area contributed by atoms with Crippen molar-refractivity contribution >= 4 is 28.4 Å². The van der Waals surface area contributed by atoms with E-state index in [-0.39, 0.29) is 12.5 Å². The molecule has 0 unspecified atom stereocenters. The maximum absolute atomic E-state index is 11.9. The zero-order chi connectivity index (χ0) is 13.9. The molecule has 0 saturated heterocycles. The topological polar surface area (TPSA) is 47.2 Å². The van der Waals surface area contributed by atoms with Gasteiger partial charge < -0.3 is 14.3 Å². The number of hydrogen-bond donors (Lipinski definition) is 1. The predicted molar refractivity (Wildman–Crippen MR) is 77.5 cm³/mol. The molecule has 0 atom stereocenters. The van der Waals surface area contributed by atoms with Gasteiger partial charge in [-0.15, -0.1) is 0 Å². The summed E-state index contributed by atoms with van der Waals surface area (Å²) < 4.78 is 7.04. The van der Waals surface area contributed by atoms with Crippen molar-refractivity contribution in [2.45, 2.75) is 13.1 Å². The molecule has 2 aromatic heterocycles. The Labute approximate surface area is 120 Å². The molecule has 1 amide bonds. The van der Waals surface area contributed by atoms with Gasteiger partial charge in [0.15, 0.2) is 0 Å². The Morgan fingerprint density at radius 2 is 2.15 bits per heavy atom. The van der Waals surface area contributed by atoms with Gasteiger partial charge in [0.2, 0.25) is 5.91 Å². The van der Waals surface area contributed by atoms with Gasteiger partial charge in [-0.2, -0.15) is 0 Å². The number of aromatic nitrogens is 1. The monoisotopic (exact) mass is 288 g/mol. The third-order valence-corrected chi connectivity index (χ3v) is 3.44. The zero-order valence-corrected chi connectivity index (χ0v) is 11.4. The number of amides is 1. The number of benzene rings is 1. The van der Waals surface area contributed by atoms with Gasteiger partial charge >= 0.3 is 0 Å². The zero-order valence-electron chi connectivity index (χ0n) is 10.7. The third kappa shape index (κ3) is 2.56. The molecule has 1 N–H and O–H groups in total. The van der Waals surface area contributed by atoms with Gasteiger partial charge in [0.05, 0.1) is 12.8 Å². The van der Waals surface area contributed by atoms with Gasteiger partial charge in [-0.05, 0) is 30.3 Å². The van der Waals surface area contributed by atoms with Crippen molar-refractivity contribution < 1.29 is 9.21 Å². The molecule has 0 spiro atoms. The van der Waals surface area contributed by atoms with Crippen LogP contribution in [0.4, 0.5) is 0 Å². The van der Waals surface area contributed by atoms with Crippen LogP contribution < -0.4 is 5.32 Å². The normalized spacial score (nSPS) is 10.8. The number of rotatable bonds is 4. The molecular formula is C15H13ClN2O2. The summed E-state index contributed by atoms with van der Waals surface area (Å²) in [6.07, 6.45) is 3.45. The second-order valence-electron chi connectivity index (χ2n) is 4.47. The summed E-state index contributed by atoms with van der Waals surface area (Å²) in [7, 11) is 0. The van der Waals surface area contributed by atoms with E-state index < -0.39 is 0 Å². The Morgan fingerprint density at radius 3 is 2.95 bits per heavy atom. The highest BCUT2D eigenvalue weighted by Crippen LogP contribution is 2.23. The van der Waals surface area contributed by atoms with Gasteiger partial charge in [-0.25, -0.2) is 0 Å². The van der Waals surface area contributed by atoms with Crippen LogP contribution in [0.2, 0.25) is 5.02 Å². The first-order valence-electron chi connectivity index (χ1n) is 6.26. The number of carbonyl (C=O) groups excluding carboxylic acids is 1. The van der Waals surface area contributed by atoms with Crippen LogP contribution >= 0.6 is 11.6 Å². The summed E-state index contributed by atoms with van der Waals surface area (Å²) in [4.78, 5) is 11.9. The molecule has 3 rings (SSSR count). The van der Waals surface area contributed by atoms with Crippen molar-refractivity contribution in [2.75, 3.05) is 0 Å². The molecule has 0 radical (unpaired) electrons. The van der Waals surface area contributed by atoms with Gasteiger partial charge in [0.25, 0.3) is 0 Å². The molecule has 0 aliphatic carbocycles. The molecule has 1 aromatic carbocycles. The summed E-state index contributed by atoms with van der Waals surface area (Å²) in [6.45, 7) is 0.649. The molecule has 5 heteroatoms. The summed E-state index contributed by atoms with van der Waals surface area (Å²) in [5, 5.41) is 4.46. The molecule has 0 fully saturated rings. The van der Waals surface area contributed by atoms with Crippen molar-refractivity contribution in [1.82, 2.24) is 9.88 Å². The third-order valence-electron chi connectivity index (χ3n) is 3.11. The van der Waals surface area contributed by atoms with Crippen LogP contribution in [0.25, 0.3) is 10.9 Å². The van der Waals surface area contributed by atoms with Crippen molar-refractivity contribution in [3.63, 3.8) is 0 Å². The molecule has 0 aliphatic heterocycles. The van der Waals surface area contributed by atoms with E-state index in [0.717, 1.165) is 16.7 Å². The first-order chi connectivity index (χ1) is 9.74. The first-order valence-corrected chi connectivity index (χ1v) is 6.64. The largest absolute Gasteiger partial charge is 0.467 e. The fourth-order valence-electron chi connectivity index (χ4n) is 2.13. The van der Waals surface area contributed by atoms with E-state index in [9.17, 15) is 4.79 Å². The Kier molecular flexibility index (Phi) is 3.48. The molecule has 2 heterocycles. The van der Waals surface area contributed by atoms with Gasteiger partial charge in [-0.3, -0.25) is 4.79 Å². The number of furan rings is 1. The maximum Gasteiger partial charge on any atom is 0.240 e. The van der Waals surface area contributed by atoms with Crippen LogP contribution in [-0.2, 0) is 17.9 Å². The number of halogens is 1. The van der Waals surface area contributed by atoms with Crippen molar-refractivity contribution in [2.24, 2.45) is 0 Å². The number of nitrogens with zero attached hydrogens (tertiary/aromatic N) is 1. The van der Waals surface area contributed by atoms with Crippen LogP contribution in [-0.4, -0.2) is 10.5 Å². The molecule has 4 nitrogen and oxygen atoms in total. The van der Waals surface area contributed by atoms with E-state index in [1.807, 2.05) is 41.1 Å². The van der Waals surface area contributed by atoms with Gasteiger partial charge in [0.1, 0.15) is 12.3 Å². The smallest absolute Gasteiger partial charge is 0.240 e. The fraction of sp³-hybridized carbons (Fsp3) is 0.133. The summed E-state index contributed by atoms with van der Waals surface area (Å²) >= 11 is 6.11. The second kappa shape index (κ2) is 5.43. The molecule has 102 valence electrons. The Morgan fingerprint density at radius 1 is 1.25 bits per heavy atom. The lowest BCUT2D eigenvalue weighted by atomic mass is 10.2. The van der Waals surface area contributed by atoms with E-state index >= 15 is 0 Å². The van der Waals surface area contributed by atoms with Crippen molar-refractivity contribution in [1.29, 1.82) is 0 Å². The molecular weight excluding hydrogens is 276 g/mol. The fourth-order valence-corrected chi connectivity index (χ4v) is 2.37. The van der Waals surface area contributed by atoms with E-state index in [2.05, 4.69) is 5.32 Å². The number of carbonyl (C=O) groups is 1. The average Bonchev–Trinajstić information content (AvgIpc) is 3.07. The Bertz CT molecular complexity index is 732. The lowest BCUT2D eigenvalue weighted by Crippen LogP contribution is -2.26.